The van der Waals surface area contributed by atoms with Crippen LogP contribution in [0.15, 0.2) is 42.6 Å². The first-order valence-corrected chi connectivity index (χ1v) is 7.89. The van der Waals surface area contributed by atoms with Crippen molar-refractivity contribution in [2.24, 2.45) is 5.73 Å². The molecule has 0 atom stereocenters. The van der Waals surface area contributed by atoms with Crippen LogP contribution in [0.2, 0.25) is 0 Å². The molecule has 116 valence electrons. The van der Waals surface area contributed by atoms with E-state index in [4.69, 9.17) is 10.5 Å². The van der Waals surface area contributed by atoms with Crippen LogP contribution in [0, 0.1) is 0 Å². The van der Waals surface area contributed by atoms with Gasteiger partial charge in [0.05, 0.1) is 18.9 Å². The molecule has 0 saturated carbocycles. The second-order valence-corrected chi connectivity index (χ2v) is 5.68. The monoisotopic (exact) mass is 297 g/mol. The maximum atomic E-state index is 5.58. The maximum absolute atomic E-state index is 5.58. The fourth-order valence-corrected chi connectivity index (χ4v) is 2.72. The number of rotatable bonds is 5. The highest BCUT2D eigenvalue weighted by molar-refractivity contribution is 5.59. The Balaban J connectivity index is 1.65. The Labute approximate surface area is 131 Å². The number of hydrogen-bond acceptors (Lipinski definition) is 4. The zero-order valence-corrected chi connectivity index (χ0v) is 12.9. The highest BCUT2D eigenvalue weighted by Gasteiger charge is 2.10. The van der Waals surface area contributed by atoms with Crippen LogP contribution < -0.4 is 5.73 Å². The van der Waals surface area contributed by atoms with E-state index in [2.05, 4.69) is 46.3 Å². The normalized spacial score (nSPS) is 15.9. The molecule has 0 aliphatic carbocycles. The third-order valence-electron chi connectivity index (χ3n) is 4.02. The molecule has 3 rings (SSSR count). The minimum Gasteiger partial charge on any atom is -0.379 e. The van der Waals surface area contributed by atoms with Crippen LogP contribution in [0.5, 0.6) is 0 Å². The zero-order chi connectivity index (χ0) is 15.2. The van der Waals surface area contributed by atoms with E-state index in [-0.39, 0.29) is 0 Å². The maximum Gasteiger partial charge on any atom is 0.0702 e. The number of hydrogen-bond donors (Lipinski definition) is 1. The number of nitrogens with two attached hydrogens (primary N) is 1. The van der Waals surface area contributed by atoms with Crippen LogP contribution in [0.1, 0.15) is 11.1 Å². The number of pyridine rings is 1. The van der Waals surface area contributed by atoms with Crippen molar-refractivity contribution in [3.63, 3.8) is 0 Å². The summed E-state index contributed by atoms with van der Waals surface area (Å²) in [6.07, 6.45) is 2.91. The SMILES string of the molecule is NCCc1ccc(-c2ccc(CN3CCOCC3)cn2)cc1. The Morgan fingerprint density at radius 3 is 2.36 bits per heavy atom. The van der Waals surface area contributed by atoms with Gasteiger partial charge in [-0.15, -0.1) is 0 Å². The van der Waals surface area contributed by atoms with E-state index in [9.17, 15) is 0 Å². The van der Waals surface area contributed by atoms with Gasteiger partial charge in [0, 0.05) is 31.4 Å². The smallest absolute Gasteiger partial charge is 0.0702 e. The summed E-state index contributed by atoms with van der Waals surface area (Å²) in [6, 6.07) is 12.8. The van der Waals surface area contributed by atoms with E-state index >= 15 is 0 Å². The largest absolute Gasteiger partial charge is 0.379 e. The van der Waals surface area contributed by atoms with Gasteiger partial charge in [0.1, 0.15) is 0 Å². The third kappa shape index (κ3) is 3.91. The lowest BCUT2D eigenvalue weighted by molar-refractivity contribution is 0.0341. The molecule has 4 nitrogen and oxygen atoms in total. The van der Waals surface area contributed by atoms with E-state index < -0.39 is 0 Å². The quantitative estimate of drug-likeness (QED) is 0.918. The van der Waals surface area contributed by atoms with E-state index in [0.29, 0.717) is 6.54 Å². The van der Waals surface area contributed by atoms with E-state index in [0.717, 1.165) is 50.5 Å². The van der Waals surface area contributed by atoms with Crippen LogP contribution in [0.3, 0.4) is 0 Å². The van der Waals surface area contributed by atoms with Gasteiger partial charge in [-0.3, -0.25) is 9.88 Å². The first-order valence-electron chi connectivity index (χ1n) is 7.89. The van der Waals surface area contributed by atoms with Gasteiger partial charge < -0.3 is 10.5 Å². The molecule has 1 aliphatic heterocycles. The Kier molecular flexibility index (Phi) is 5.16. The topological polar surface area (TPSA) is 51.4 Å². The van der Waals surface area contributed by atoms with Crippen LogP contribution in [0.25, 0.3) is 11.3 Å². The molecule has 1 saturated heterocycles. The number of ether oxygens (including phenoxy) is 1. The fraction of sp³-hybridized carbons (Fsp3) is 0.389. The summed E-state index contributed by atoms with van der Waals surface area (Å²) in [5.74, 6) is 0. The summed E-state index contributed by atoms with van der Waals surface area (Å²) in [5, 5.41) is 0. The summed E-state index contributed by atoms with van der Waals surface area (Å²) in [5.41, 5.74) is 10.3. The summed E-state index contributed by atoms with van der Waals surface area (Å²) in [6.45, 7) is 5.32. The number of aromatic nitrogens is 1. The Bertz CT molecular complexity index is 574. The second-order valence-electron chi connectivity index (χ2n) is 5.68. The predicted octanol–water partition coefficient (Wildman–Crippen LogP) is 2.08. The van der Waals surface area contributed by atoms with Crippen molar-refractivity contribution in [1.29, 1.82) is 0 Å². The molecule has 2 N–H and O–H groups in total. The minimum atomic E-state index is 0.688. The minimum absolute atomic E-state index is 0.688. The van der Waals surface area contributed by atoms with Crippen molar-refractivity contribution in [2.75, 3.05) is 32.8 Å². The molecular formula is C18H23N3O. The molecular weight excluding hydrogens is 274 g/mol. The van der Waals surface area contributed by atoms with Gasteiger partial charge in [0.15, 0.2) is 0 Å². The lowest BCUT2D eigenvalue weighted by atomic mass is 10.1. The summed E-state index contributed by atoms with van der Waals surface area (Å²) in [7, 11) is 0. The van der Waals surface area contributed by atoms with Crippen molar-refractivity contribution in [3.8, 4) is 11.3 Å². The van der Waals surface area contributed by atoms with Crippen molar-refractivity contribution < 1.29 is 4.74 Å². The number of nitrogens with zero attached hydrogens (tertiary/aromatic N) is 2. The third-order valence-corrected chi connectivity index (χ3v) is 4.02. The molecule has 1 fully saturated rings. The van der Waals surface area contributed by atoms with Crippen LogP contribution in [0.4, 0.5) is 0 Å². The van der Waals surface area contributed by atoms with Gasteiger partial charge >= 0.3 is 0 Å². The molecule has 0 bridgehead atoms. The van der Waals surface area contributed by atoms with Crippen LogP contribution >= 0.6 is 0 Å². The highest BCUT2D eigenvalue weighted by Crippen LogP contribution is 2.18. The predicted molar refractivity (Wildman–Crippen MR) is 88.5 cm³/mol. The Hall–Kier alpha value is -1.75. The molecule has 22 heavy (non-hydrogen) atoms. The molecule has 0 amide bonds. The first kappa shape index (κ1) is 15.2. The average Bonchev–Trinajstić information content (AvgIpc) is 2.58. The van der Waals surface area contributed by atoms with Crippen molar-refractivity contribution >= 4 is 0 Å². The molecule has 0 unspecified atom stereocenters. The average molecular weight is 297 g/mol. The van der Waals surface area contributed by atoms with Crippen molar-refractivity contribution in [3.05, 3.63) is 53.7 Å². The van der Waals surface area contributed by atoms with Crippen LogP contribution in [-0.4, -0.2) is 42.7 Å². The molecule has 1 aliphatic rings. The summed E-state index contributed by atoms with van der Waals surface area (Å²) >= 11 is 0. The molecule has 1 aromatic carbocycles. The number of benzene rings is 1. The van der Waals surface area contributed by atoms with E-state index in [1.807, 2.05) is 6.20 Å². The van der Waals surface area contributed by atoms with Crippen LogP contribution in [-0.2, 0) is 17.7 Å². The lowest BCUT2D eigenvalue weighted by Crippen LogP contribution is -2.35. The van der Waals surface area contributed by atoms with Crippen molar-refractivity contribution in [2.45, 2.75) is 13.0 Å². The second kappa shape index (κ2) is 7.49. The Morgan fingerprint density at radius 1 is 1.00 bits per heavy atom. The molecule has 0 radical (unpaired) electrons. The highest BCUT2D eigenvalue weighted by atomic mass is 16.5. The molecule has 0 spiro atoms. The molecule has 1 aromatic heterocycles. The van der Waals surface area contributed by atoms with E-state index in [1.54, 1.807) is 0 Å². The molecule has 4 heteroatoms. The standard InChI is InChI=1S/C18H23N3O/c19-8-7-15-1-4-17(5-2-15)18-6-3-16(13-20-18)14-21-9-11-22-12-10-21/h1-6,13H,7-12,14,19H2. The van der Waals surface area contributed by atoms with Gasteiger partial charge in [-0.1, -0.05) is 30.3 Å². The summed E-state index contributed by atoms with van der Waals surface area (Å²) < 4.78 is 5.38. The van der Waals surface area contributed by atoms with Gasteiger partial charge in [0.25, 0.3) is 0 Å². The fourth-order valence-electron chi connectivity index (χ4n) is 2.72. The Morgan fingerprint density at radius 2 is 1.73 bits per heavy atom. The van der Waals surface area contributed by atoms with Gasteiger partial charge in [-0.25, -0.2) is 0 Å². The number of morpholine rings is 1. The van der Waals surface area contributed by atoms with Gasteiger partial charge in [0.2, 0.25) is 0 Å². The summed E-state index contributed by atoms with van der Waals surface area (Å²) in [4.78, 5) is 7.01. The van der Waals surface area contributed by atoms with Crippen molar-refractivity contribution in [1.82, 2.24) is 9.88 Å². The zero-order valence-electron chi connectivity index (χ0n) is 12.9. The molecule has 2 heterocycles. The van der Waals surface area contributed by atoms with Gasteiger partial charge in [-0.05, 0) is 30.2 Å². The van der Waals surface area contributed by atoms with Gasteiger partial charge in [-0.2, -0.15) is 0 Å². The molecule has 2 aromatic rings. The lowest BCUT2D eigenvalue weighted by Gasteiger charge is -2.26. The van der Waals surface area contributed by atoms with E-state index in [1.165, 1.54) is 11.1 Å². The first-order chi connectivity index (χ1) is 10.8.